The van der Waals surface area contributed by atoms with Crippen LogP contribution in [-0.4, -0.2) is 27.7 Å². The Kier molecular flexibility index (Phi) is 5.95. The highest BCUT2D eigenvalue weighted by molar-refractivity contribution is 9.11. The van der Waals surface area contributed by atoms with Gasteiger partial charge in [0, 0.05) is 0 Å². The molecule has 0 aliphatic carbocycles. The summed E-state index contributed by atoms with van der Waals surface area (Å²) in [5, 5.41) is 18.1. The van der Waals surface area contributed by atoms with Crippen molar-refractivity contribution in [2.75, 3.05) is 0 Å². The molecule has 0 bridgehead atoms. The van der Waals surface area contributed by atoms with Gasteiger partial charge in [0.05, 0.1) is 8.95 Å². The highest BCUT2D eigenvalue weighted by Gasteiger charge is 2.14. The van der Waals surface area contributed by atoms with Crippen LogP contribution in [-0.2, 0) is 11.2 Å². The van der Waals surface area contributed by atoms with Gasteiger partial charge in [-0.2, -0.15) is 0 Å². The van der Waals surface area contributed by atoms with Gasteiger partial charge in [0.15, 0.2) is 0 Å². The standard InChI is InChI=1S/C9H9Br2NO3.H2O/c10-5-1-4(2-6(11)8(5)13)3-7(12)9(14)15;/h1-2,7,13H,3,12H2,(H,14,15);1H2/t7-;/m0./s1. The number of rotatable bonds is 3. The van der Waals surface area contributed by atoms with Crippen molar-refractivity contribution in [3.63, 3.8) is 0 Å². The van der Waals surface area contributed by atoms with Crippen molar-refractivity contribution in [1.29, 1.82) is 0 Å². The second-order valence-electron chi connectivity index (χ2n) is 3.06. The Hall–Kier alpha value is -0.630. The summed E-state index contributed by atoms with van der Waals surface area (Å²) in [5.74, 6) is -0.960. The molecule has 1 atom stereocenters. The number of phenols is 1. The molecule has 1 rings (SSSR count). The van der Waals surface area contributed by atoms with E-state index in [1.165, 1.54) is 0 Å². The first-order chi connectivity index (χ1) is 6.91. The summed E-state index contributed by atoms with van der Waals surface area (Å²) in [6, 6.07) is 2.35. The Morgan fingerprint density at radius 2 is 1.81 bits per heavy atom. The predicted octanol–water partition coefficient (Wildman–Crippen LogP) is 1.05. The predicted molar refractivity (Wildman–Crippen MR) is 66.4 cm³/mol. The van der Waals surface area contributed by atoms with Crippen molar-refractivity contribution in [2.45, 2.75) is 12.5 Å². The van der Waals surface area contributed by atoms with Crippen molar-refractivity contribution < 1.29 is 20.5 Å². The van der Waals surface area contributed by atoms with Gasteiger partial charge in [0.2, 0.25) is 0 Å². The smallest absolute Gasteiger partial charge is 0.320 e. The van der Waals surface area contributed by atoms with Crippen molar-refractivity contribution in [2.24, 2.45) is 5.73 Å². The van der Waals surface area contributed by atoms with Crippen LogP contribution in [0, 0.1) is 0 Å². The van der Waals surface area contributed by atoms with Gasteiger partial charge in [-0.05, 0) is 56.0 Å². The number of carboxylic acids is 1. The minimum Gasteiger partial charge on any atom is -0.506 e. The summed E-state index contributed by atoms with van der Waals surface area (Å²) in [7, 11) is 0. The lowest BCUT2D eigenvalue weighted by Crippen LogP contribution is -2.32. The van der Waals surface area contributed by atoms with Crippen LogP contribution in [0.1, 0.15) is 5.56 Å². The largest absolute Gasteiger partial charge is 0.506 e. The Bertz CT molecular complexity index is 374. The summed E-state index contributed by atoms with van der Waals surface area (Å²) < 4.78 is 1.01. The molecule has 7 heteroatoms. The summed E-state index contributed by atoms with van der Waals surface area (Å²) >= 11 is 6.31. The number of hydrogen-bond donors (Lipinski definition) is 3. The van der Waals surface area contributed by atoms with E-state index in [0.29, 0.717) is 8.95 Å². The molecule has 0 saturated carbocycles. The zero-order valence-corrected chi connectivity index (χ0v) is 11.2. The highest BCUT2D eigenvalue weighted by Crippen LogP contribution is 2.33. The molecule has 16 heavy (non-hydrogen) atoms. The third-order valence-electron chi connectivity index (χ3n) is 1.85. The van der Waals surface area contributed by atoms with E-state index in [1.54, 1.807) is 12.1 Å². The molecule has 0 aliphatic heterocycles. The van der Waals surface area contributed by atoms with Crippen molar-refractivity contribution >= 4 is 37.8 Å². The quantitative estimate of drug-likeness (QED) is 0.750. The van der Waals surface area contributed by atoms with Crippen LogP contribution in [0.25, 0.3) is 0 Å². The first-order valence-electron chi connectivity index (χ1n) is 4.07. The number of aliphatic carboxylic acids is 1. The van der Waals surface area contributed by atoms with E-state index >= 15 is 0 Å². The molecule has 1 aromatic carbocycles. The molecule has 0 radical (unpaired) electrons. The van der Waals surface area contributed by atoms with Crippen molar-refractivity contribution in [3.8, 4) is 5.75 Å². The van der Waals surface area contributed by atoms with Gasteiger partial charge >= 0.3 is 5.97 Å². The Morgan fingerprint density at radius 3 is 2.19 bits per heavy atom. The van der Waals surface area contributed by atoms with Crippen molar-refractivity contribution in [3.05, 3.63) is 26.6 Å². The minimum atomic E-state index is -1.05. The van der Waals surface area contributed by atoms with Crippen LogP contribution in [0.15, 0.2) is 21.1 Å². The first-order valence-corrected chi connectivity index (χ1v) is 5.65. The molecule has 5 nitrogen and oxygen atoms in total. The molecule has 0 amide bonds. The van der Waals surface area contributed by atoms with E-state index < -0.39 is 12.0 Å². The van der Waals surface area contributed by atoms with Gasteiger partial charge < -0.3 is 21.4 Å². The molecular formula is C9H11Br2NO4. The van der Waals surface area contributed by atoms with E-state index in [0.717, 1.165) is 5.56 Å². The van der Waals surface area contributed by atoms with E-state index in [-0.39, 0.29) is 17.6 Å². The van der Waals surface area contributed by atoms with Crippen LogP contribution in [0.3, 0.4) is 0 Å². The SMILES string of the molecule is N[C@@H](Cc1cc(Br)c(O)c(Br)c1)C(=O)O.O. The van der Waals surface area contributed by atoms with Crippen LogP contribution in [0.4, 0.5) is 0 Å². The van der Waals surface area contributed by atoms with Crippen LogP contribution in [0.2, 0.25) is 0 Å². The average molecular weight is 357 g/mol. The molecule has 0 aliphatic rings. The molecular weight excluding hydrogens is 346 g/mol. The molecule has 0 saturated heterocycles. The number of carbonyl (C=O) groups is 1. The average Bonchev–Trinajstić information content (AvgIpc) is 2.13. The van der Waals surface area contributed by atoms with Crippen LogP contribution in [0.5, 0.6) is 5.75 Å². The molecule has 0 spiro atoms. The summed E-state index contributed by atoms with van der Waals surface area (Å²) in [6.07, 6.45) is 0.215. The number of phenolic OH excluding ortho intramolecular Hbond substituents is 1. The summed E-state index contributed by atoms with van der Waals surface area (Å²) in [6.45, 7) is 0. The van der Waals surface area contributed by atoms with Gasteiger partial charge in [0.25, 0.3) is 0 Å². The highest BCUT2D eigenvalue weighted by atomic mass is 79.9. The van der Waals surface area contributed by atoms with Crippen LogP contribution < -0.4 is 5.73 Å². The lowest BCUT2D eigenvalue weighted by Gasteiger charge is -2.08. The molecule has 1 aromatic rings. The summed E-state index contributed by atoms with van der Waals surface area (Å²) in [5.41, 5.74) is 6.13. The maximum Gasteiger partial charge on any atom is 0.320 e. The number of carboxylic acid groups (broad SMARTS) is 1. The lowest BCUT2D eigenvalue weighted by molar-refractivity contribution is -0.138. The maximum absolute atomic E-state index is 10.5. The van der Waals surface area contributed by atoms with Gasteiger partial charge in [-0.1, -0.05) is 0 Å². The lowest BCUT2D eigenvalue weighted by atomic mass is 10.1. The number of nitrogens with two attached hydrogens (primary N) is 1. The fraction of sp³-hybridized carbons (Fsp3) is 0.222. The van der Waals surface area contributed by atoms with Gasteiger partial charge in [-0.25, -0.2) is 0 Å². The monoisotopic (exact) mass is 355 g/mol. The third kappa shape index (κ3) is 3.75. The second kappa shape index (κ2) is 6.19. The zero-order valence-electron chi connectivity index (χ0n) is 8.08. The Labute approximate surface area is 109 Å². The van der Waals surface area contributed by atoms with E-state index in [4.69, 9.17) is 10.8 Å². The normalized spacial score (nSPS) is 11.7. The van der Waals surface area contributed by atoms with E-state index in [1.807, 2.05) is 0 Å². The van der Waals surface area contributed by atoms with Gasteiger partial charge in [-0.3, -0.25) is 4.79 Å². The fourth-order valence-electron chi connectivity index (χ4n) is 1.08. The molecule has 0 fully saturated rings. The van der Waals surface area contributed by atoms with Gasteiger partial charge in [-0.15, -0.1) is 0 Å². The molecule has 6 N–H and O–H groups in total. The zero-order chi connectivity index (χ0) is 11.6. The number of benzene rings is 1. The molecule has 90 valence electrons. The van der Waals surface area contributed by atoms with E-state index in [2.05, 4.69) is 31.9 Å². The first kappa shape index (κ1) is 15.4. The topological polar surface area (TPSA) is 115 Å². The number of halogens is 2. The van der Waals surface area contributed by atoms with Gasteiger partial charge in [0.1, 0.15) is 11.8 Å². The molecule has 0 unspecified atom stereocenters. The summed E-state index contributed by atoms with van der Waals surface area (Å²) in [4.78, 5) is 10.5. The third-order valence-corrected chi connectivity index (χ3v) is 3.06. The van der Waals surface area contributed by atoms with Crippen LogP contribution >= 0.6 is 31.9 Å². The number of hydrogen-bond acceptors (Lipinski definition) is 3. The van der Waals surface area contributed by atoms with Crippen molar-refractivity contribution in [1.82, 2.24) is 0 Å². The molecule has 0 heterocycles. The Morgan fingerprint density at radius 1 is 1.38 bits per heavy atom. The molecule has 0 aromatic heterocycles. The number of aromatic hydroxyl groups is 1. The minimum absolute atomic E-state index is 0. The fourth-order valence-corrected chi connectivity index (χ4v) is 2.36. The Balaban J connectivity index is 0.00000225. The second-order valence-corrected chi connectivity index (χ2v) is 4.77. The van der Waals surface area contributed by atoms with E-state index in [9.17, 15) is 9.90 Å². The maximum atomic E-state index is 10.5.